The molecule has 0 spiro atoms. The number of nitrogens with one attached hydrogen (secondary N) is 1. The first-order valence-corrected chi connectivity index (χ1v) is 8.92. The van der Waals surface area contributed by atoms with E-state index >= 15 is 0 Å². The molecule has 1 aromatic carbocycles. The van der Waals surface area contributed by atoms with Gasteiger partial charge in [0.1, 0.15) is 5.56 Å². The van der Waals surface area contributed by atoms with E-state index in [4.69, 9.17) is 4.74 Å². The summed E-state index contributed by atoms with van der Waals surface area (Å²) in [6.45, 7) is 3.98. The zero-order valence-corrected chi connectivity index (χ0v) is 14.0. The van der Waals surface area contributed by atoms with Gasteiger partial charge >= 0.3 is 0 Å². The Labute approximate surface area is 135 Å². The Morgan fingerprint density at radius 1 is 1.30 bits per heavy atom. The lowest BCUT2D eigenvalue weighted by Gasteiger charge is -2.12. The Kier molecular flexibility index (Phi) is 5.00. The molecule has 0 atom stereocenters. The predicted molar refractivity (Wildman–Crippen MR) is 87.6 cm³/mol. The average Bonchev–Trinajstić information content (AvgIpc) is 2.49. The van der Waals surface area contributed by atoms with Crippen LogP contribution in [-0.4, -0.2) is 32.2 Å². The number of anilines is 1. The summed E-state index contributed by atoms with van der Waals surface area (Å²) in [7, 11) is -3.35. The number of nitrogens with zero attached hydrogens (tertiary/aromatic N) is 1. The third-order valence-electron chi connectivity index (χ3n) is 3.18. The second-order valence-electron chi connectivity index (χ2n) is 4.99. The van der Waals surface area contributed by atoms with Crippen molar-refractivity contribution >= 4 is 21.4 Å². The molecule has 7 heteroatoms. The zero-order valence-electron chi connectivity index (χ0n) is 13.2. The minimum absolute atomic E-state index is 0.148. The Bertz CT molecular complexity index is 832. The summed E-state index contributed by atoms with van der Waals surface area (Å²) in [5, 5.41) is 2.71. The number of carbonyl (C=O) groups excluding carboxylic acids is 1. The second-order valence-corrected chi connectivity index (χ2v) is 7.01. The highest BCUT2D eigenvalue weighted by Gasteiger charge is 2.16. The predicted octanol–water partition coefficient (Wildman–Crippen LogP) is 2.44. The van der Waals surface area contributed by atoms with Crippen LogP contribution in [0, 0.1) is 6.92 Å². The quantitative estimate of drug-likeness (QED) is 0.908. The zero-order chi connectivity index (χ0) is 17.0. The van der Waals surface area contributed by atoms with Crippen molar-refractivity contribution in [2.45, 2.75) is 18.7 Å². The highest BCUT2D eigenvalue weighted by atomic mass is 32.2. The topological polar surface area (TPSA) is 85.4 Å². The van der Waals surface area contributed by atoms with Gasteiger partial charge in [-0.15, -0.1) is 0 Å². The summed E-state index contributed by atoms with van der Waals surface area (Å²) in [5.74, 6) is -0.167. The van der Waals surface area contributed by atoms with Gasteiger partial charge in [0.2, 0.25) is 5.88 Å². The molecule has 122 valence electrons. The molecule has 0 aliphatic heterocycles. The van der Waals surface area contributed by atoms with Gasteiger partial charge in [-0.1, -0.05) is 6.07 Å². The second kappa shape index (κ2) is 6.78. The molecule has 23 heavy (non-hydrogen) atoms. The third kappa shape index (κ3) is 4.07. The van der Waals surface area contributed by atoms with Crippen LogP contribution < -0.4 is 10.1 Å². The number of hydrogen-bond donors (Lipinski definition) is 1. The molecule has 6 nitrogen and oxygen atoms in total. The number of aromatic nitrogens is 1. The number of pyridine rings is 1. The van der Waals surface area contributed by atoms with Gasteiger partial charge < -0.3 is 10.1 Å². The summed E-state index contributed by atoms with van der Waals surface area (Å²) < 4.78 is 28.6. The maximum atomic E-state index is 12.4. The fourth-order valence-corrected chi connectivity index (χ4v) is 2.62. The molecule has 0 fully saturated rings. The molecule has 2 rings (SSSR count). The van der Waals surface area contributed by atoms with E-state index in [1.54, 1.807) is 32.0 Å². The number of ether oxygens (including phenoxy) is 1. The van der Waals surface area contributed by atoms with Crippen molar-refractivity contribution in [1.29, 1.82) is 0 Å². The SMILES string of the molecule is CCOc1ncccc1C(=O)Nc1cc(S(C)(=O)=O)ccc1C. The van der Waals surface area contributed by atoms with Crippen LogP contribution in [0.15, 0.2) is 41.4 Å². The molecular formula is C16H18N2O4S. The maximum absolute atomic E-state index is 12.4. The smallest absolute Gasteiger partial charge is 0.261 e. The van der Waals surface area contributed by atoms with E-state index in [9.17, 15) is 13.2 Å². The standard InChI is InChI=1S/C16H18N2O4S/c1-4-22-16-13(6-5-9-17-16)15(19)18-14-10-12(23(3,20)21)8-7-11(14)2/h5-10H,4H2,1-3H3,(H,18,19). The first kappa shape index (κ1) is 17.0. The van der Waals surface area contributed by atoms with E-state index in [1.807, 2.05) is 0 Å². The monoisotopic (exact) mass is 334 g/mol. The van der Waals surface area contributed by atoms with Crippen molar-refractivity contribution in [2.24, 2.45) is 0 Å². The van der Waals surface area contributed by atoms with E-state index in [2.05, 4.69) is 10.3 Å². The Balaban J connectivity index is 2.34. The van der Waals surface area contributed by atoms with Crippen molar-refractivity contribution in [2.75, 3.05) is 18.2 Å². The average molecular weight is 334 g/mol. The highest BCUT2D eigenvalue weighted by Crippen LogP contribution is 2.22. The summed E-state index contributed by atoms with van der Waals surface area (Å²) in [4.78, 5) is 16.6. The lowest BCUT2D eigenvalue weighted by molar-refractivity contribution is 0.102. The van der Waals surface area contributed by atoms with Crippen LogP contribution in [-0.2, 0) is 9.84 Å². The Hall–Kier alpha value is -2.41. The van der Waals surface area contributed by atoms with E-state index in [-0.39, 0.29) is 10.8 Å². The first-order valence-electron chi connectivity index (χ1n) is 7.02. The molecule has 0 unspecified atom stereocenters. The van der Waals surface area contributed by atoms with Crippen LogP contribution >= 0.6 is 0 Å². The van der Waals surface area contributed by atoms with Gasteiger partial charge in [0, 0.05) is 18.1 Å². The summed E-state index contributed by atoms with van der Waals surface area (Å²) in [6, 6.07) is 7.84. The van der Waals surface area contributed by atoms with Crippen LogP contribution in [0.1, 0.15) is 22.8 Å². The molecule has 0 bridgehead atoms. The van der Waals surface area contributed by atoms with E-state index in [0.717, 1.165) is 11.8 Å². The molecule has 0 aliphatic carbocycles. The molecule has 0 saturated carbocycles. The van der Waals surface area contributed by atoms with Crippen LogP contribution in [0.3, 0.4) is 0 Å². The first-order chi connectivity index (χ1) is 10.8. The van der Waals surface area contributed by atoms with Gasteiger partial charge in [0.15, 0.2) is 9.84 Å². The van der Waals surface area contributed by atoms with Crippen molar-refractivity contribution in [1.82, 2.24) is 4.98 Å². The molecule has 0 radical (unpaired) electrons. The van der Waals surface area contributed by atoms with Gasteiger partial charge in [-0.05, 0) is 43.7 Å². The summed E-state index contributed by atoms with van der Waals surface area (Å²) in [6.07, 6.45) is 2.66. The van der Waals surface area contributed by atoms with Crippen molar-refractivity contribution in [3.63, 3.8) is 0 Å². The Morgan fingerprint density at radius 3 is 2.70 bits per heavy atom. The largest absolute Gasteiger partial charge is 0.477 e. The molecule has 1 aromatic heterocycles. The molecule has 2 aromatic rings. The van der Waals surface area contributed by atoms with Crippen molar-refractivity contribution < 1.29 is 17.9 Å². The normalized spacial score (nSPS) is 11.1. The van der Waals surface area contributed by atoms with Gasteiger partial charge in [0.05, 0.1) is 11.5 Å². The lowest BCUT2D eigenvalue weighted by atomic mass is 10.2. The van der Waals surface area contributed by atoms with Crippen LogP contribution in [0.5, 0.6) is 5.88 Å². The number of carbonyl (C=O) groups is 1. The van der Waals surface area contributed by atoms with Crippen molar-refractivity contribution in [3.8, 4) is 5.88 Å². The fourth-order valence-electron chi connectivity index (χ4n) is 1.97. The van der Waals surface area contributed by atoms with Crippen LogP contribution in [0.4, 0.5) is 5.69 Å². The number of benzene rings is 1. The van der Waals surface area contributed by atoms with Gasteiger partial charge in [0.25, 0.3) is 5.91 Å². The Morgan fingerprint density at radius 2 is 2.04 bits per heavy atom. The maximum Gasteiger partial charge on any atom is 0.261 e. The number of sulfone groups is 1. The number of hydrogen-bond acceptors (Lipinski definition) is 5. The number of aryl methyl sites for hydroxylation is 1. The van der Waals surface area contributed by atoms with Crippen LogP contribution in [0.2, 0.25) is 0 Å². The van der Waals surface area contributed by atoms with E-state index in [0.29, 0.717) is 17.9 Å². The van der Waals surface area contributed by atoms with Gasteiger partial charge in [-0.3, -0.25) is 4.79 Å². The minimum Gasteiger partial charge on any atom is -0.477 e. The fraction of sp³-hybridized carbons (Fsp3) is 0.250. The van der Waals surface area contributed by atoms with Gasteiger partial charge in [-0.25, -0.2) is 13.4 Å². The van der Waals surface area contributed by atoms with Crippen LogP contribution in [0.25, 0.3) is 0 Å². The number of rotatable bonds is 5. The molecule has 0 aliphatic rings. The minimum atomic E-state index is -3.35. The summed E-state index contributed by atoms with van der Waals surface area (Å²) >= 11 is 0. The van der Waals surface area contributed by atoms with Crippen molar-refractivity contribution in [3.05, 3.63) is 47.7 Å². The van der Waals surface area contributed by atoms with Gasteiger partial charge in [-0.2, -0.15) is 0 Å². The molecule has 1 N–H and O–H groups in total. The van der Waals surface area contributed by atoms with E-state index < -0.39 is 15.7 Å². The lowest BCUT2D eigenvalue weighted by Crippen LogP contribution is -2.15. The number of amides is 1. The molecule has 0 saturated heterocycles. The highest BCUT2D eigenvalue weighted by molar-refractivity contribution is 7.90. The third-order valence-corrected chi connectivity index (χ3v) is 4.29. The molecular weight excluding hydrogens is 316 g/mol. The molecule has 1 heterocycles. The summed E-state index contributed by atoms with van der Waals surface area (Å²) in [5.41, 5.74) is 1.48. The molecule has 1 amide bonds. The van der Waals surface area contributed by atoms with E-state index in [1.165, 1.54) is 18.3 Å².